The van der Waals surface area contributed by atoms with Crippen LogP contribution < -0.4 is 5.73 Å². The van der Waals surface area contributed by atoms with Gasteiger partial charge < -0.3 is 15.2 Å². The first kappa shape index (κ1) is 15.6. The molecule has 1 fully saturated rings. The molecule has 7 heteroatoms. The molecule has 0 spiro atoms. The van der Waals surface area contributed by atoms with Gasteiger partial charge in [0.15, 0.2) is 11.5 Å². The van der Waals surface area contributed by atoms with Gasteiger partial charge in [-0.3, -0.25) is 4.79 Å². The molecule has 1 amide bonds. The molecule has 25 heavy (non-hydrogen) atoms. The van der Waals surface area contributed by atoms with E-state index >= 15 is 0 Å². The minimum atomic E-state index is -0.178. The van der Waals surface area contributed by atoms with Gasteiger partial charge >= 0.3 is 0 Å². The summed E-state index contributed by atoms with van der Waals surface area (Å²) in [6, 6.07) is 8.00. The largest absolute Gasteiger partial charge is 0.382 e. The molecule has 1 atom stereocenters. The standard InChI is InChI=1S/C18H20N6O/c1-2-23-13-7-4-3-6-12(13)22-17(23)14-8-5-11-24(14)18(25)15-16(19)21-10-9-20-15/h3-4,6-7,9-10,14H,2,5,8,11H2,1H3,(H2,19,21). The zero-order chi connectivity index (χ0) is 17.4. The van der Waals surface area contributed by atoms with E-state index in [0.717, 1.165) is 36.2 Å². The van der Waals surface area contributed by atoms with Gasteiger partial charge in [0.05, 0.1) is 17.1 Å². The summed E-state index contributed by atoms with van der Waals surface area (Å²) in [5, 5.41) is 0. The molecule has 0 radical (unpaired) electrons. The second-order valence-corrected chi connectivity index (χ2v) is 6.15. The van der Waals surface area contributed by atoms with E-state index in [4.69, 9.17) is 10.7 Å². The Labute approximate surface area is 145 Å². The second-order valence-electron chi connectivity index (χ2n) is 6.15. The van der Waals surface area contributed by atoms with Crippen molar-refractivity contribution in [1.82, 2.24) is 24.4 Å². The number of aryl methyl sites for hydroxylation is 1. The average Bonchev–Trinajstić information content (AvgIpc) is 3.25. The third-order valence-electron chi connectivity index (χ3n) is 4.74. The highest BCUT2D eigenvalue weighted by molar-refractivity contribution is 5.96. The van der Waals surface area contributed by atoms with E-state index in [1.165, 1.54) is 12.4 Å². The van der Waals surface area contributed by atoms with E-state index in [9.17, 15) is 4.79 Å². The summed E-state index contributed by atoms with van der Waals surface area (Å²) in [6.07, 6.45) is 4.80. The van der Waals surface area contributed by atoms with Crippen LogP contribution in [0.4, 0.5) is 5.82 Å². The maximum Gasteiger partial charge on any atom is 0.276 e. The number of aromatic nitrogens is 4. The number of amides is 1. The maximum atomic E-state index is 13.0. The number of anilines is 1. The van der Waals surface area contributed by atoms with Crippen LogP contribution in [-0.2, 0) is 6.54 Å². The normalized spacial score (nSPS) is 17.3. The molecule has 7 nitrogen and oxygen atoms in total. The smallest absolute Gasteiger partial charge is 0.276 e. The first-order valence-electron chi connectivity index (χ1n) is 8.53. The Morgan fingerprint density at radius 1 is 1.28 bits per heavy atom. The quantitative estimate of drug-likeness (QED) is 0.793. The molecule has 1 saturated heterocycles. The number of carbonyl (C=O) groups excluding carboxylic acids is 1. The predicted octanol–water partition coefficient (Wildman–Crippen LogP) is 2.41. The lowest BCUT2D eigenvalue weighted by Gasteiger charge is -2.24. The summed E-state index contributed by atoms with van der Waals surface area (Å²) < 4.78 is 2.19. The van der Waals surface area contributed by atoms with E-state index in [1.807, 2.05) is 23.1 Å². The van der Waals surface area contributed by atoms with Gasteiger partial charge in [-0.15, -0.1) is 0 Å². The number of benzene rings is 1. The number of nitrogen functional groups attached to an aromatic ring is 1. The number of hydrogen-bond acceptors (Lipinski definition) is 5. The van der Waals surface area contributed by atoms with Crippen molar-refractivity contribution in [3.8, 4) is 0 Å². The van der Waals surface area contributed by atoms with E-state index in [-0.39, 0.29) is 23.5 Å². The lowest BCUT2D eigenvalue weighted by Crippen LogP contribution is -2.33. The van der Waals surface area contributed by atoms with Gasteiger partial charge in [-0.05, 0) is 31.9 Å². The number of para-hydroxylation sites is 2. The van der Waals surface area contributed by atoms with Gasteiger partial charge in [0.2, 0.25) is 0 Å². The van der Waals surface area contributed by atoms with Crippen molar-refractivity contribution in [1.29, 1.82) is 0 Å². The Kier molecular flexibility index (Phi) is 3.83. The summed E-state index contributed by atoms with van der Waals surface area (Å²) in [5.74, 6) is 0.918. The summed E-state index contributed by atoms with van der Waals surface area (Å²) in [5.41, 5.74) is 8.12. The molecule has 3 heterocycles. The van der Waals surface area contributed by atoms with Crippen molar-refractivity contribution in [2.45, 2.75) is 32.4 Å². The lowest BCUT2D eigenvalue weighted by molar-refractivity contribution is 0.0722. The number of hydrogen-bond donors (Lipinski definition) is 1. The monoisotopic (exact) mass is 336 g/mol. The topological polar surface area (TPSA) is 89.9 Å². The number of carbonyl (C=O) groups is 1. The van der Waals surface area contributed by atoms with Gasteiger partial charge in [0.25, 0.3) is 5.91 Å². The third-order valence-corrected chi connectivity index (χ3v) is 4.74. The summed E-state index contributed by atoms with van der Waals surface area (Å²) in [7, 11) is 0. The van der Waals surface area contributed by atoms with E-state index < -0.39 is 0 Å². The van der Waals surface area contributed by atoms with Crippen molar-refractivity contribution in [2.24, 2.45) is 0 Å². The molecule has 2 aromatic heterocycles. The van der Waals surface area contributed by atoms with Crippen LogP contribution in [0.25, 0.3) is 11.0 Å². The summed E-state index contributed by atoms with van der Waals surface area (Å²) >= 11 is 0. The first-order valence-corrected chi connectivity index (χ1v) is 8.53. The fourth-order valence-electron chi connectivity index (χ4n) is 3.61. The Balaban J connectivity index is 1.75. The van der Waals surface area contributed by atoms with Crippen molar-refractivity contribution in [2.75, 3.05) is 12.3 Å². The fraction of sp³-hybridized carbons (Fsp3) is 0.333. The van der Waals surface area contributed by atoms with Crippen LogP contribution in [-0.4, -0.2) is 36.9 Å². The van der Waals surface area contributed by atoms with Gasteiger partial charge in [0, 0.05) is 25.5 Å². The maximum absolute atomic E-state index is 13.0. The summed E-state index contributed by atoms with van der Waals surface area (Å²) in [4.78, 5) is 27.7. The molecular formula is C18H20N6O. The van der Waals surface area contributed by atoms with Crippen LogP contribution in [0.15, 0.2) is 36.7 Å². The molecule has 1 aromatic carbocycles. The van der Waals surface area contributed by atoms with Crippen LogP contribution in [0.3, 0.4) is 0 Å². The molecule has 128 valence electrons. The lowest BCUT2D eigenvalue weighted by atomic mass is 10.2. The van der Waals surface area contributed by atoms with Gasteiger partial charge in [0.1, 0.15) is 5.82 Å². The van der Waals surface area contributed by atoms with Crippen LogP contribution in [0.1, 0.15) is 42.1 Å². The van der Waals surface area contributed by atoms with Crippen molar-refractivity contribution < 1.29 is 4.79 Å². The Bertz CT molecular complexity index is 934. The van der Waals surface area contributed by atoms with Crippen LogP contribution >= 0.6 is 0 Å². The number of nitrogens with zero attached hydrogens (tertiary/aromatic N) is 5. The minimum absolute atomic E-state index is 0.0683. The molecule has 0 saturated carbocycles. The average molecular weight is 336 g/mol. The molecule has 1 aliphatic rings. The molecule has 1 unspecified atom stereocenters. The number of nitrogens with two attached hydrogens (primary N) is 1. The van der Waals surface area contributed by atoms with Crippen molar-refractivity contribution >= 4 is 22.8 Å². The number of imidazole rings is 1. The number of fused-ring (bicyclic) bond motifs is 1. The molecule has 0 aliphatic carbocycles. The number of likely N-dealkylation sites (tertiary alicyclic amines) is 1. The Morgan fingerprint density at radius 3 is 2.88 bits per heavy atom. The van der Waals surface area contributed by atoms with Crippen LogP contribution in [0.5, 0.6) is 0 Å². The molecule has 1 aliphatic heterocycles. The Hall–Kier alpha value is -2.96. The minimum Gasteiger partial charge on any atom is -0.382 e. The molecular weight excluding hydrogens is 316 g/mol. The molecule has 2 N–H and O–H groups in total. The molecule has 0 bridgehead atoms. The van der Waals surface area contributed by atoms with Gasteiger partial charge in [-0.2, -0.15) is 0 Å². The zero-order valence-electron chi connectivity index (χ0n) is 14.1. The predicted molar refractivity (Wildman–Crippen MR) is 94.9 cm³/mol. The third kappa shape index (κ3) is 2.52. The highest BCUT2D eigenvalue weighted by Gasteiger charge is 2.35. The highest BCUT2D eigenvalue weighted by atomic mass is 16.2. The molecule has 4 rings (SSSR count). The molecule has 3 aromatic rings. The van der Waals surface area contributed by atoms with Crippen LogP contribution in [0.2, 0.25) is 0 Å². The SMILES string of the molecule is CCn1c(C2CCCN2C(=O)c2nccnc2N)nc2ccccc21. The second kappa shape index (κ2) is 6.16. The fourth-order valence-corrected chi connectivity index (χ4v) is 3.61. The van der Waals surface area contributed by atoms with E-state index in [2.05, 4.69) is 27.5 Å². The van der Waals surface area contributed by atoms with Crippen LogP contribution in [0, 0.1) is 0 Å². The highest BCUT2D eigenvalue weighted by Crippen LogP contribution is 2.34. The van der Waals surface area contributed by atoms with Crippen molar-refractivity contribution in [3.05, 3.63) is 48.2 Å². The zero-order valence-corrected chi connectivity index (χ0v) is 14.1. The Morgan fingerprint density at radius 2 is 2.08 bits per heavy atom. The van der Waals surface area contributed by atoms with Gasteiger partial charge in [-0.1, -0.05) is 12.1 Å². The van der Waals surface area contributed by atoms with Gasteiger partial charge in [-0.25, -0.2) is 15.0 Å². The van der Waals surface area contributed by atoms with E-state index in [1.54, 1.807) is 0 Å². The first-order chi connectivity index (χ1) is 12.2. The summed E-state index contributed by atoms with van der Waals surface area (Å²) in [6.45, 7) is 3.58. The van der Waals surface area contributed by atoms with Crippen molar-refractivity contribution in [3.63, 3.8) is 0 Å². The van der Waals surface area contributed by atoms with E-state index in [0.29, 0.717) is 6.54 Å². The number of rotatable bonds is 3.